The summed E-state index contributed by atoms with van der Waals surface area (Å²) in [6, 6.07) is 11.6. The number of aryl methyl sites for hydroxylation is 1. The van der Waals surface area contributed by atoms with E-state index < -0.39 is 0 Å². The first-order valence-electron chi connectivity index (χ1n) is 6.32. The number of nitrogens with two attached hydrogens (primary N) is 1. The van der Waals surface area contributed by atoms with Crippen molar-refractivity contribution in [1.29, 1.82) is 0 Å². The Morgan fingerprint density at radius 2 is 2.00 bits per heavy atom. The van der Waals surface area contributed by atoms with Crippen LogP contribution in [0.5, 0.6) is 0 Å². The van der Waals surface area contributed by atoms with Gasteiger partial charge in [-0.25, -0.2) is 20.8 Å². The first kappa shape index (κ1) is 13.6. The van der Waals surface area contributed by atoms with Crippen LogP contribution in [0.4, 0.5) is 5.82 Å². The van der Waals surface area contributed by atoms with Crippen molar-refractivity contribution in [2.75, 3.05) is 5.43 Å². The van der Waals surface area contributed by atoms with E-state index in [-0.39, 0.29) is 0 Å². The number of nitrogens with zero attached hydrogens (tertiary/aromatic N) is 4. The monoisotopic (exact) mass is 298 g/mol. The summed E-state index contributed by atoms with van der Waals surface area (Å²) < 4.78 is 1.94. The van der Waals surface area contributed by atoms with Crippen LogP contribution in [0.15, 0.2) is 59.0 Å². The molecule has 6 nitrogen and oxygen atoms in total. The molecule has 2 aromatic heterocycles. The number of aromatic nitrogens is 4. The minimum Gasteiger partial charge on any atom is -0.329 e. The summed E-state index contributed by atoms with van der Waals surface area (Å²) in [5.74, 6) is 6.70. The maximum absolute atomic E-state index is 5.50. The Labute approximate surface area is 126 Å². The Balaban J connectivity index is 1.99. The molecule has 0 atom stereocenters. The van der Waals surface area contributed by atoms with Gasteiger partial charge in [0, 0.05) is 31.1 Å². The third kappa shape index (κ3) is 3.04. The van der Waals surface area contributed by atoms with E-state index in [4.69, 9.17) is 5.84 Å². The van der Waals surface area contributed by atoms with Gasteiger partial charge in [0.2, 0.25) is 0 Å². The second-order valence-electron chi connectivity index (χ2n) is 4.35. The van der Waals surface area contributed by atoms with Gasteiger partial charge in [0.25, 0.3) is 0 Å². The summed E-state index contributed by atoms with van der Waals surface area (Å²) in [7, 11) is 1.94. The van der Waals surface area contributed by atoms with E-state index in [1.54, 1.807) is 12.3 Å². The van der Waals surface area contributed by atoms with Crippen molar-refractivity contribution in [3.63, 3.8) is 0 Å². The number of imidazole rings is 1. The predicted molar refractivity (Wildman–Crippen MR) is 82.6 cm³/mol. The third-order valence-corrected chi connectivity index (χ3v) is 3.85. The van der Waals surface area contributed by atoms with Crippen molar-refractivity contribution in [3.05, 3.63) is 48.8 Å². The molecule has 3 N–H and O–H groups in total. The summed E-state index contributed by atoms with van der Waals surface area (Å²) in [6.45, 7) is 0. The fourth-order valence-electron chi connectivity index (χ4n) is 1.81. The lowest BCUT2D eigenvalue weighted by atomic mass is 10.2. The van der Waals surface area contributed by atoms with Gasteiger partial charge < -0.3 is 9.99 Å². The molecule has 0 aliphatic heterocycles. The molecule has 0 radical (unpaired) electrons. The Morgan fingerprint density at radius 1 is 1.19 bits per heavy atom. The zero-order chi connectivity index (χ0) is 14.7. The number of rotatable bonds is 4. The van der Waals surface area contributed by atoms with Crippen molar-refractivity contribution in [2.45, 2.75) is 10.2 Å². The molecule has 0 aliphatic carbocycles. The van der Waals surface area contributed by atoms with E-state index in [1.165, 1.54) is 11.8 Å². The molecule has 0 fully saturated rings. The predicted octanol–water partition coefficient (Wildman–Crippen LogP) is 2.31. The number of hydrogen-bond acceptors (Lipinski definition) is 6. The fourth-order valence-corrected chi connectivity index (χ4v) is 2.62. The van der Waals surface area contributed by atoms with E-state index in [2.05, 4.69) is 20.4 Å². The molecule has 1 aromatic carbocycles. The first-order chi connectivity index (χ1) is 10.3. The largest absolute Gasteiger partial charge is 0.329 e. The Bertz CT molecular complexity index is 740. The van der Waals surface area contributed by atoms with Crippen molar-refractivity contribution in [1.82, 2.24) is 19.5 Å². The minimum absolute atomic E-state index is 0.570. The van der Waals surface area contributed by atoms with Crippen molar-refractivity contribution in [3.8, 4) is 11.4 Å². The molecular weight excluding hydrogens is 284 g/mol. The molecule has 0 aliphatic rings. The molecule has 3 rings (SSSR count). The van der Waals surface area contributed by atoms with Crippen molar-refractivity contribution < 1.29 is 0 Å². The SMILES string of the molecule is Cn1ccnc1Sc1cc(NN)nc(-c2ccccc2)n1. The zero-order valence-electron chi connectivity index (χ0n) is 11.4. The van der Waals surface area contributed by atoms with Crippen molar-refractivity contribution >= 4 is 17.6 Å². The van der Waals surface area contributed by atoms with Crippen LogP contribution >= 0.6 is 11.8 Å². The average molecular weight is 298 g/mol. The van der Waals surface area contributed by atoms with E-state index in [0.29, 0.717) is 11.6 Å². The van der Waals surface area contributed by atoms with Gasteiger partial charge in [-0.2, -0.15) is 0 Å². The molecular formula is C14H14N6S. The molecule has 0 spiro atoms. The van der Waals surface area contributed by atoms with E-state index in [0.717, 1.165) is 15.7 Å². The van der Waals surface area contributed by atoms with Gasteiger partial charge in [0.15, 0.2) is 11.0 Å². The van der Waals surface area contributed by atoms with Crippen LogP contribution < -0.4 is 11.3 Å². The standard InChI is InChI=1S/C14H14N6S/c1-20-8-7-16-14(20)21-12-9-11(19-15)17-13(18-12)10-5-3-2-4-6-10/h2-9H,15H2,1H3,(H,17,18,19). The lowest BCUT2D eigenvalue weighted by Gasteiger charge is -2.07. The molecule has 106 valence electrons. The highest BCUT2D eigenvalue weighted by Crippen LogP contribution is 2.27. The lowest BCUT2D eigenvalue weighted by molar-refractivity contribution is 0.788. The smallest absolute Gasteiger partial charge is 0.174 e. The maximum Gasteiger partial charge on any atom is 0.174 e. The minimum atomic E-state index is 0.570. The van der Waals surface area contributed by atoms with Gasteiger partial charge in [-0.3, -0.25) is 0 Å². The van der Waals surface area contributed by atoms with Crippen LogP contribution in [0, 0.1) is 0 Å². The second kappa shape index (κ2) is 5.94. The summed E-state index contributed by atoms with van der Waals surface area (Å²) in [6.07, 6.45) is 3.65. The Hall–Kier alpha value is -2.38. The molecule has 3 aromatic rings. The van der Waals surface area contributed by atoms with Gasteiger partial charge in [-0.15, -0.1) is 0 Å². The van der Waals surface area contributed by atoms with E-state index in [9.17, 15) is 0 Å². The molecule has 0 saturated carbocycles. The Kier molecular flexibility index (Phi) is 3.85. The molecule has 0 bridgehead atoms. The van der Waals surface area contributed by atoms with Gasteiger partial charge in [-0.1, -0.05) is 30.3 Å². The molecule has 21 heavy (non-hydrogen) atoms. The topological polar surface area (TPSA) is 81.7 Å². The van der Waals surface area contributed by atoms with Gasteiger partial charge in [-0.05, 0) is 11.8 Å². The highest BCUT2D eigenvalue weighted by atomic mass is 32.2. The molecule has 0 saturated heterocycles. The maximum atomic E-state index is 5.50. The van der Waals surface area contributed by atoms with Gasteiger partial charge in [0.05, 0.1) is 0 Å². The number of hydrazine groups is 1. The summed E-state index contributed by atoms with van der Waals surface area (Å²) >= 11 is 1.46. The number of benzene rings is 1. The molecule has 7 heteroatoms. The highest BCUT2D eigenvalue weighted by Gasteiger charge is 2.09. The van der Waals surface area contributed by atoms with Crippen LogP contribution in [-0.4, -0.2) is 19.5 Å². The quantitative estimate of drug-likeness (QED) is 0.437. The van der Waals surface area contributed by atoms with Gasteiger partial charge in [0.1, 0.15) is 10.8 Å². The van der Waals surface area contributed by atoms with Crippen LogP contribution in [0.25, 0.3) is 11.4 Å². The average Bonchev–Trinajstić information content (AvgIpc) is 2.93. The second-order valence-corrected chi connectivity index (χ2v) is 5.34. The number of nitrogen functional groups attached to an aromatic ring is 1. The molecule has 0 unspecified atom stereocenters. The number of nitrogens with one attached hydrogen (secondary N) is 1. The third-order valence-electron chi connectivity index (χ3n) is 2.86. The van der Waals surface area contributed by atoms with Crippen LogP contribution in [0.1, 0.15) is 0 Å². The van der Waals surface area contributed by atoms with Crippen LogP contribution in [0.2, 0.25) is 0 Å². The lowest BCUT2D eigenvalue weighted by Crippen LogP contribution is -2.09. The normalized spacial score (nSPS) is 10.6. The number of anilines is 1. The van der Waals surface area contributed by atoms with E-state index >= 15 is 0 Å². The van der Waals surface area contributed by atoms with E-state index in [1.807, 2.05) is 48.1 Å². The molecule has 0 amide bonds. The van der Waals surface area contributed by atoms with Crippen LogP contribution in [-0.2, 0) is 7.05 Å². The summed E-state index contributed by atoms with van der Waals surface area (Å²) in [5.41, 5.74) is 3.52. The van der Waals surface area contributed by atoms with Crippen molar-refractivity contribution in [2.24, 2.45) is 12.9 Å². The molecule has 2 heterocycles. The number of hydrogen-bond donors (Lipinski definition) is 2. The highest BCUT2D eigenvalue weighted by molar-refractivity contribution is 7.99. The summed E-state index contributed by atoms with van der Waals surface area (Å²) in [5, 5.41) is 1.64. The first-order valence-corrected chi connectivity index (χ1v) is 7.14. The zero-order valence-corrected chi connectivity index (χ0v) is 12.2. The van der Waals surface area contributed by atoms with Gasteiger partial charge >= 0.3 is 0 Å². The Morgan fingerprint density at radius 3 is 2.67 bits per heavy atom. The summed E-state index contributed by atoms with van der Waals surface area (Å²) in [4.78, 5) is 13.2. The fraction of sp³-hybridized carbons (Fsp3) is 0.0714. The van der Waals surface area contributed by atoms with Crippen LogP contribution in [0.3, 0.4) is 0 Å².